The maximum atomic E-state index is 5.71. The van der Waals surface area contributed by atoms with Crippen molar-refractivity contribution in [1.82, 2.24) is 9.97 Å². The third-order valence-corrected chi connectivity index (χ3v) is 3.74. The van der Waals surface area contributed by atoms with Crippen LogP contribution in [0.5, 0.6) is 0 Å². The summed E-state index contributed by atoms with van der Waals surface area (Å²) in [7, 11) is 0. The largest absolute Gasteiger partial charge is 0.250 e. The summed E-state index contributed by atoms with van der Waals surface area (Å²) < 4.78 is -1.18. The number of halogens is 6. The lowest BCUT2D eigenvalue weighted by Gasteiger charge is -2.09. The molecule has 0 saturated heterocycles. The Morgan fingerprint density at radius 1 is 1.00 bits per heavy atom. The van der Waals surface area contributed by atoms with Gasteiger partial charge in [-0.2, -0.15) is 0 Å². The van der Waals surface area contributed by atoms with Gasteiger partial charge in [0.25, 0.3) is 0 Å². The van der Waals surface area contributed by atoms with Crippen LogP contribution in [0.3, 0.4) is 0 Å². The predicted octanol–water partition coefficient (Wildman–Crippen LogP) is 4.21. The molecular weight excluding hydrogens is 392 g/mol. The molecule has 2 nitrogen and oxygen atoms in total. The molecule has 72 valence electrons. The van der Waals surface area contributed by atoms with Crippen LogP contribution in [0.2, 0.25) is 10.3 Å². The highest BCUT2D eigenvalue weighted by Crippen LogP contribution is 2.37. The molecule has 0 aromatic carbocycles. The summed E-state index contributed by atoms with van der Waals surface area (Å²) in [5.74, 6) is -0.0343. The Bertz CT molecular complexity index is 313. The summed E-state index contributed by atoms with van der Waals surface area (Å²) in [4.78, 5) is 7.54. The highest BCUT2D eigenvalue weighted by molar-refractivity contribution is 14.1. The number of aromatic nitrogens is 2. The third kappa shape index (κ3) is 3.11. The molecule has 0 amide bonds. The molecule has 0 fully saturated rings. The molecule has 0 unspecified atom stereocenters. The molecule has 0 spiro atoms. The molecule has 0 bridgehead atoms. The minimum atomic E-state index is -1.71. The molecular formula is C5Cl5IN2. The third-order valence-electron chi connectivity index (χ3n) is 1.02. The average Bonchev–Trinajstić information content (AvgIpc) is 1.97. The topological polar surface area (TPSA) is 25.8 Å². The van der Waals surface area contributed by atoms with Gasteiger partial charge < -0.3 is 0 Å². The minimum Gasteiger partial charge on any atom is -0.215 e. The summed E-state index contributed by atoms with van der Waals surface area (Å²) in [6.45, 7) is 0. The van der Waals surface area contributed by atoms with E-state index in [0.717, 1.165) is 0 Å². The molecule has 0 atom stereocenters. The average molecular weight is 392 g/mol. The Kier molecular flexibility index (Phi) is 4.18. The van der Waals surface area contributed by atoms with Crippen LogP contribution in [0, 0.1) is 3.57 Å². The van der Waals surface area contributed by atoms with Gasteiger partial charge in [-0.1, -0.05) is 58.0 Å². The van der Waals surface area contributed by atoms with E-state index in [1.54, 1.807) is 0 Å². The number of nitrogens with zero attached hydrogens (tertiary/aromatic N) is 2. The Labute approximate surface area is 113 Å². The number of rotatable bonds is 0. The summed E-state index contributed by atoms with van der Waals surface area (Å²) >= 11 is 29.9. The van der Waals surface area contributed by atoms with Crippen LogP contribution in [0.15, 0.2) is 0 Å². The highest BCUT2D eigenvalue weighted by atomic mass is 127. The smallest absolute Gasteiger partial charge is 0.215 e. The van der Waals surface area contributed by atoms with Crippen molar-refractivity contribution in [1.29, 1.82) is 0 Å². The quantitative estimate of drug-likeness (QED) is 0.376. The van der Waals surface area contributed by atoms with E-state index in [2.05, 4.69) is 9.97 Å². The molecule has 0 N–H and O–H groups in total. The zero-order valence-electron chi connectivity index (χ0n) is 5.66. The summed E-state index contributed by atoms with van der Waals surface area (Å²) in [5.41, 5.74) is 0. The molecule has 8 heteroatoms. The van der Waals surface area contributed by atoms with Crippen molar-refractivity contribution in [3.63, 3.8) is 0 Å². The van der Waals surface area contributed by atoms with Crippen LogP contribution in [0.1, 0.15) is 5.82 Å². The van der Waals surface area contributed by atoms with Crippen molar-refractivity contribution in [3.8, 4) is 0 Å². The highest BCUT2D eigenvalue weighted by Gasteiger charge is 2.28. The van der Waals surface area contributed by atoms with Crippen molar-refractivity contribution < 1.29 is 0 Å². The first-order valence-electron chi connectivity index (χ1n) is 2.78. The van der Waals surface area contributed by atoms with Crippen molar-refractivity contribution in [2.24, 2.45) is 0 Å². The van der Waals surface area contributed by atoms with Crippen LogP contribution < -0.4 is 0 Å². The Morgan fingerprint density at radius 2 is 1.38 bits per heavy atom. The number of alkyl halides is 3. The van der Waals surface area contributed by atoms with Crippen molar-refractivity contribution in [2.75, 3.05) is 0 Å². The van der Waals surface area contributed by atoms with E-state index in [1.165, 1.54) is 0 Å². The summed E-state index contributed by atoms with van der Waals surface area (Å²) in [5, 5.41) is 0.337. The van der Waals surface area contributed by atoms with E-state index in [1.807, 2.05) is 22.6 Å². The van der Waals surface area contributed by atoms with Crippen LogP contribution in [-0.2, 0) is 3.79 Å². The maximum Gasteiger partial charge on any atom is 0.250 e. The van der Waals surface area contributed by atoms with Gasteiger partial charge in [0.05, 0.1) is 3.57 Å². The lowest BCUT2D eigenvalue weighted by molar-refractivity contribution is 0.962. The van der Waals surface area contributed by atoms with Crippen molar-refractivity contribution >= 4 is 80.6 Å². The molecule has 0 radical (unpaired) electrons. The Balaban J connectivity index is 3.29. The molecule has 1 rings (SSSR count). The van der Waals surface area contributed by atoms with Crippen LogP contribution in [0.4, 0.5) is 0 Å². The van der Waals surface area contributed by atoms with Gasteiger partial charge in [-0.05, 0) is 22.6 Å². The maximum absolute atomic E-state index is 5.71. The van der Waals surface area contributed by atoms with Gasteiger partial charge >= 0.3 is 0 Å². The predicted molar refractivity (Wildman–Crippen MR) is 64.0 cm³/mol. The standard InChI is InChI=1S/C5Cl5IN2/c6-2-1(11)3(7)13-4(12-2)5(8,9)10. The molecule has 0 aliphatic heterocycles. The number of hydrogen-bond donors (Lipinski definition) is 0. The second-order valence-electron chi connectivity index (χ2n) is 1.94. The Hall–Kier alpha value is 1.26. The van der Waals surface area contributed by atoms with Gasteiger partial charge in [-0.15, -0.1) is 0 Å². The van der Waals surface area contributed by atoms with E-state index in [-0.39, 0.29) is 16.1 Å². The van der Waals surface area contributed by atoms with Gasteiger partial charge in [-0.3, -0.25) is 0 Å². The molecule has 0 saturated carbocycles. The van der Waals surface area contributed by atoms with Crippen molar-refractivity contribution in [3.05, 3.63) is 19.7 Å². The fourth-order valence-corrected chi connectivity index (χ4v) is 1.40. The van der Waals surface area contributed by atoms with Crippen LogP contribution in [-0.4, -0.2) is 9.97 Å². The minimum absolute atomic E-state index is 0.0343. The molecule has 0 aliphatic carbocycles. The zero-order valence-corrected chi connectivity index (χ0v) is 11.6. The van der Waals surface area contributed by atoms with E-state index in [0.29, 0.717) is 3.57 Å². The fourth-order valence-electron chi connectivity index (χ4n) is 0.521. The lowest BCUT2D eigenvalue weighted by atomic mass is 10.6. The van der Waals surface area contributed by atoms with E-state index < -0.39 is 3.79 Å². The molecule has 1 aromatic rings. The first-order valence-corrected chi connectivity index (χ1v) is 5.75. The van der Waals surface area contributed by atoms with Gasteiger partial charge in [0, 0.05) is 0 Å². The lowest BCUT2D eigenvalue weighted by Crippen LogP contribution is -2.08. The molecule has 13 heavy (non-hydrogen) atoms. The Morgan fingerprint density at radius 3 is 1.69 bits per heavy atom. The number of hydrogen-bond acceptors (Lipinski definition) is 2. The van der Waals surface area contributed by atoms with Gasteiger partial charge in [0.2, 0.25) is 3.79 Å². The first-order chi connectivity index (χ1) is 5.82. The molecule has 0 aliphatic rings. The summed E-state index contributed by atoms with van der Waals surface area (Å²) in [6, 6.07) is 0. The normalized spacial score (nSPS) is 11.8. The fraction of sp³-hybridized carbons (Fsp3) is 0.200. The monoisotopic (exact) mass is 390 g/mol. The summed E-state index contributed by atoms with van der Waals surface area (Å²) in [6.07, 6.45) is 0. The van der Waals surface area contributed by atoms with Gasteiger partial charge in [-0.25, -0.2) is 9.97 Å². The second kappa shape index (κ2) is 4.41. The van der Waals surface area contributed by atoms with Crippen molar-refractivity contribution in [2.45, 2.75) is 3.79 Å². The van der Waals surface area contributed by atoms with Gasteiger partial charge in [0.1, 0.15) is 10.3 Å². The first kappa shape index (κ1) is 12.3. The molecule has 1 heterocycles. The van der Waals surface area contributed by atoms with E-state index >= 15 is 0 Å². The SMILES string of the molecule is Clc1nc(C(Cl)(Cl)Cl)nc(Cl)c1I. The van der Waals surface area contributed by atoms with E-state index in [4.69, 9.17) is 58.0 Å². The molecule has 1 aromatic heterocycles. The van der Waals surface area contributed by atoms with E-state index in [9.17, 15) is 0 Å². The van der Waals surface area contributed by atoms with Gasteiger partial charge in [0.15, 0.2) is 5.82 Å². The van der Waals surface area contributed by atoms with Crippen LogP contribution >= 0.6 is 80.6 Å². The zero-order chi connectivity index (χ0) is 10.2. The second-order valence-corrected chi connectivity index (χ2v) is 6.02. The van der Waals surface area contributed by atoms with Crippen LogP contribution in [0.25, 0.3) is 0 Å².